The fraction of sp³-hybridized carbons (Fsp3) is 0.333. The molecule has 0 aliphatic rings. The van der Waals surface area contributed by atoms with E-state index in [1.807, 2.05) is 0 Å². The van der Waals surface area contributed by atoms with Gasteiger partial charge in [0.2, 0.25) is 0 Å². The van der Waals surface area contributed by atoms with E-state index in [2.05, 4.69) is 31.9 Å². The maximum absolute atomic E-state index is 11.7. The summed E-state index contributed by atoms with van der Waals surface area (Å²) in [5.41, 5.74) is 0. The van der Waals surface area contributed by atoms with E-state index in [1.165, 1.54) is 6.07 Å². The summed E-state index contributed by atoms with van der Waals surface area (Å²) in [5.74, 6) is 0. The lowest BCUT2D eigenvalue weighted by atomic mass is 10.4. The molecule has 0 atom stereocenters. The van der Waals surface area contributed by atoms with Gasteiger partial charge >= 0.3 is 0 Å². The van der Waals surface area contributed by atoms with E-state index in [4.69, 9.17) is 4.18 Å². The van der Waals surface area contributed by atoms with Gasteiger partial charge in [0.05, 0.1) is 6.10 Å². The predicted octanol–water partition coefficient (Wildman–Crippen LogP) is 3.33. The zero-order chi connectivity index (χ0) is 11.6. The summed E-state index contributed by atoms with van der Waals surface area (Å²) in [6, 6.07) is 4.90. The topological polar surface area (TPSA) is 43.4 Å². The highest BCUT2D eigenvalue weighted by Gasteiger charge is 2.20. The second kappa shape index (κ2) is 4.95. The van der Waals surface area contributed by atoms with Crippen molar-refractivity contribution in [2.75, 3.05) is 0 Å². The molecule has 0 unspecified atom stereocenters. The third-order valence-electron chi connectivity index (χ3n) is 1.48. The monoisotopic (exact) mass is 356 g/mol. The Balaban J connectivity index is 3.21. The number of hydrogen-bond donors (Lipinski definition) is 0. The first-order valence-electron chi connectivity index (χ1n) is 4.21. The minimum Gasteiger partial charge on any atom is -0.264 e. The minimum atomic E-state index is -3.69. The van der Waals surface area contributed by atoms with Gasteiger partial charge in [-0.1, -0.05) is 15.9 Å². The Hall–Kier alpha value is 0.0900. The number of halogens is 2. The van der Waals surface area contributed by atoms with Crippen LogP contribution in [0.3, 0.4) is 0 Å². The standard InChI is InChI=1S/C9H10Br2O3S/c1-6(2)14-15(12,13)9-5-7(10)3-4-8(9)11/h3-6H,1-2H3. The van der Waals surface area contributed by atoms with Crippen LogP contribution in [0, 0.1) is 0 Å². The molecule has 0 bridgehead atoms. The third kappa shape index (κ3) is 3.55. The molecule has 0 aromatic heterocycles. The smallest absolute Gasteiger partial charge is 0.264 e. The molecular formula is C9H10Br2O3S. The van der Waals surface area contributed by atoms with Gasteiger partial charge in [0.1, 0.15) is 4.90 Å². The minimum absolute atomic E-state index is 0.130. The van der Waals surface area contributed by atoms with Crippen LogP contribution in [-0.2, 0) is 14.3 Å². The SMILES string of the molecule is CC(C)OS(=O)(=O)c1cc(Br)ccc1Br. The molecule has 15 heavy (non-hydrogen) atoms. The van der Waals surface area contributed by atoms with E-state index in [1.54, 1.807) is 26.0 Å². The van der Waals surface area contributed by atoms with Gasteiger partial charge < -0.3 is 0 Å². The van der Waals surface area contributed by atoms with E-state index >= 15 is 0 Å². The van der Waals surface area contributed by atoms with E-state index in [0.717, 1.165) is 0 Å². The van der Waals surface area contributed by atoms with Crippen molar-refractivity contribution in [2.45, 2.75) is 24.8 Å². The number of hydrogen-bond acceptors (Lipinski definition) is 3. The molecule has 1 aromatic carbocycles. The molecule has 1 rings (SSSR count). The summed E-state index contributed by atoms with van der Waals surface area (Å²) in [4.78, 5) is 0.130. The lowest BCUT2D eigenvalue weighted by Crippen LogP contribution is -2.12. The molecule has 0 aliphatic carbocycles. The van der Waals surface area contributed by atoms with Crippen molar-refractivity contribution in [3.63, 3.8) is 0 Å². The Kier molecular flexibility index (Phi) is 4.34. The highest BCUT2D eigenvalue weighted by Crippen LogP contribution is 2.27. The van der Waals surface area contributed by atoms with Crippen molar-refractivity contribution < 1.29 is 12.6 Å². The molecule has 0 aliphatic heterocycles. The summed E-state index contributed by atoms with van der Waals surface area (Å²) in [5, 5.41) is 0. The molecular weight excluding hydrogens is 348 g/mol. The Morgan fingerprint density at radius 1 is 1.27 bits per heavy atom. The van der Waals surface area contributed by atoms with Crippen LogP contribution in [0.4, 0.5) is 0 Å². The van der Waals surface area contributed by atoms with Crippen LogP contribution in [0.25, 0.3) is 0 Å². The Morgan fingerprint density at radius 3 is 2.40 bits per heavy atom. The molecule has 6 heteroatoms. The van der Waals surface area contributed by atoms with E-state index < -0.39 is 10.1 Å². The van der Waals surface area contributed by atoms with Crippen LogP contribution >= 0.6 is 31.9 Å². The van der Waals surface area contributed by atoms with Crippen LogP contribution in [0.1, 0.15) is 13.8 Å². The van der Waals surface area contributed by atoms with Crippen LogP contribution in [0.2, 0.25) is 0 Å². The van der Waals surface area contributed by atoms with Crippen molar-refractivity contribution in [3.8, 4) is 0 Å². The average molecular weight is 358 g/mol. The van der Waals surface area contributed by atoms with Gasteiger partial charge in [0.15, 0.2) is 0 Å². The quantitative estimate of drug-likeness (QED) is 0.779. The zero-order valence-corrected chi connectivity index (χ0v) is 12.2. The fourth-order valence-corrected chi connectivity index (χ4v) is 3.52. The molecule has 0 amide bonds. The predicted molar refractivity (Wildman–Crippen MR) is 65.2 cm³/mol. The van der Waals surface area contributed by atoms with Crippen molar-refractivity contribution in [3.05, 3.63) is 27.1 Å². The van der Waals surface area contributed by atoms with Crippen molar-refractivity contribution >= 4 is 42.0 Å². The summed E-state index contributed by atoms with van der Waals surface area (Å²) >= 11 is 6.39. The molecule has 0 spiro atoms. The fourth-order valence-electron chi connectivity index (χ4n) is 0.974. The molecule has 84 valence electrons. The number of benzene rings is 1. The summed E-state index contributed by atoms with van der Waals surface area (Å²) < 4.78 is 29.5. The maximum Gasteiger partial charge on any atom is 0.298 e. The number of rotatable bonds is 3. The lowest BCUT2D eigenvalue weighted by molar-refractivity contribution is 0.248. The van der Waals surface area contributed by atoms with Crippen LogP contribution in [0.15, 0.2) is 32.0 Å². The Bertz CT molecular complexity index is 454. The molecule has 0 fully saturated rings. The molecule has 0 N–H and O–H groups in total. The third-order valence-corrected chi connectivity index (χ3v) is 4.44. The molecule has 0 saturated carbocycles. The highest BCUT2D eigenvalue weighted by atomic mass is 79.9. The molecule has 0 radical (unpaired) electrons. The van der Waals surface area contributed by atoms with Gasteiger partial charge in [-0.25, -0.2) is 0 Å². The van der Waals surface area contributed by atoms with Gasteiger partial charge in [-0.15, -0.1) is 0 Å². The first kappa shape index (κ1) is 13.2. The summed E-state index contributed by atoms with van der Waals surface area (Å²) in [6.07, 6.45) is -0.374. The second-order valence-electron chi connectivity index (χ2n) is 3.17. The van der Waals surface area contributed by atoms with Crippen LogP contribution in [-0.4, -0.2) is 14.5 Å². The summed E-state index contributed by atoms with van der Waals surface area (Å²) in [7, 11) is -3.69. The normalized spacial score (nSPS) is 12.1. The zero-order valence-electron chi connectivity index (χ0n) is 8.20. The first-order valence-corrected chi connectivity index (χ1v) is 7.20. The van der Waals surface area contributed by atoms with Gasteiger partial charge in [-0.2, -0.15) is 8.42 Å². The van der Waals surface area contributed by atoms with Crippen molar-refractivity contribution in [2.24, 2.45) is 0 Å². The Labute approximate surface area is 106 Å². The van der Waals surface area contributed by atoms with Crippen LogP contribution < -0.4 is 0 Å². The second-order valence-corrected chi connectivity index (χ2v) is 6.48. The maximum atomic E-state index is 11.7. The van der Waals surface area contributed by atoms with E-state index in [9.17, 15) is 8.42 Å². The van der Waals surface area contributed by atoms with Gasteiger partial charge in [-0.05, 0) is 48.0 Å². The summed E-state index contributed by atoms with van der Waals surface area (Å²) in [6.45, 7) is 3.34. The van der Waals surface area contributed by atoms with Crippen LogP contribution in [0.5, 0.6) is 0 Å². The van der Waals surface area contributed by atoms with E-state index in [-0.39, 0.29) is 11.0 Å². The van der Waals surface area contributed by atoms with E-state index in [0.29, 0.717) is 8.95 Å². The molecule has 0 heterocycles. The molecule has 1 aromatic rings. The van der Waals surface area contributed by atoms with Gasteiger partial charge in [0, 0.05) is 8.95 Å². The lowest BCUT2D eigenvalue weighted by Gasteiger charge is -2.09. The molecule has 0 saturated heterocycles. The average Bonchev–Trinajstić information content (AvgIpc) is 2.06. The molecule has 3 nitrogen and oxygen atoms in total. The van der Waals surface area contributed by atoms with Crippen molar-refractivity contribution in [1.29, 1.82) is 0 Å². The van der Waals surface area contributed by atoms with Gasteiger partial charge in [0.25, 0.3) is 10.1 Å². The van der Waals surface area contributed by atoms with Crippen molar-refractivity contribution in [1.82, 2.24) is 0 Å². The first-order chi connectivity index (χ1) is 6.83. The largest absolute Gasteiger partial charge is 0.298 e. The highest BCUT2D eigenvalue weighted by molar-refractivity contribution is 9.11. The Morgan fingerprint density at radius 2 is 1.87 bits per heavy atom. The van der Waals surface area contributed by atoms with Gasteiger partial charge in [-0.3, -0.25) is 4.18 Å².